The minimum atomic E-state index is -1.20. The maximum Gasteiger partial charge on any atom is 0.346 e. The topological polar surface area (TPSA) is 128 Å². The molecule has 0 aliphatic carbocycles. The first-order valence-electron chi connectivity index (χ1n) is 5.06. The lowest BCUT2D eigenvalue weighted by atomic mass is 10.1. The predicted molar refractivity (Wildman–Crippen MR) is 56.2 cm³/mol. The van der Waals surface area contributed by atoms with Crippen LogP contribution in [0.15, 0.2) is 17.1 Å². The van der Waals surface area contributed by atoms with Gasteiger partial charge in [-0.25, -0.2) is 4.79 Å². The van der Waals surface area contributed by atoms with Gasteiger partial charge in [-0.1, -0.05) is 0 Å². The average Bonchev–Trinajstić information content (AvgIpc) is 2.57. The fourth-order valence-corrected chi connectivity index (χ4v) is 1.62. The lowest BCUT2D eigenvalue weighted by Gasteiger charge is -2.16. The van der Waals surface area contributed by atoms with E-state index in [1.54, 1.807) is 0 Å². The van der Waals surface area contributed by atoms with Crippen molar-refractivity contribution in [3.8, 4) is 0 Å². The summed E-state index contributed by atoms with van der Waals surface area (Å²) in [7, 11) is 0. The van der Waals surface area contributed by atoms with E-state index < -0.39 is 36.8 Å². The number of H-pyrrole nitrogens is 1. The zero-order chi connectivity index (χ0) is 12.4. The Morgan fingerprint density at radius 3 is 2.82 bits per heavy atom. The molecule has 1 aliphatic rings. The van der Waals surface area contributed by atoms with Crippen molar-refractivity contribution in [1.82, 2.24) is 9.97 Å². The number of aliphatic hydroxyl groups is 3. The third-order valence-electron chi connectivity index (χ3n) is 2.50. The number of hydrogen-bond donors (Lipinski definition) is 5. The zero-order valence-electron chi connectivity index (χ0n) is 8.78. The van der Waals surface area contributed by atoms with E-state index >= 15 is 0 Å². The fourth-order valence-electron chi connectivity index (χ4n) is 1.62. The summed E-state index contributed by atoms with van der Waals surface area (Å²) < 4.78 is 5.17. The Balaban J connectivity index is 2.07. The highest BCUT2D eigenvalue weighted by atomic mass is 16.6. The van der Waals surface area contributed by atoms with Gasteiger partial charge in [0.05, 0.1) is 6.61 Å². The monoisotopic (exact) mass is 243 g/mol. The van der Waals surface area contributed by atoms with Crippen LogP contribution in [0.25, 0.3) is 0 Å². The van der Waals surface area contributed by atoms with Crippen molar-refractivity contribution in [3.63, 3.8) is 0 Å². The van der Waals surface area contributed by atoms with Crippen molar-refractivity contribution < 1.29 is 20.1 Å². The number of aromatic amines is 1. The molecule has 8 nitrogen and oxygen atoms in total. The van der Waals surface area contributed by atoms with Gasteiger partial charge >= 0.3 is 5.69 Å². The Morgan fingerprint density at radius 1 is 1.47 bits per heavy atom. The van der Waals surface area contributed by atoms with Crippen molar-refractivity contribution in [2.75, 3.05) is 11.9 Å². The largest absolute Gasteiger partial charge is 0.394 e. The summed E-state index contributed by atoms with van der Waals surface area (Å²) in [6.45, 7) is -0.404. The van der Waals surface area contributed by atoms with E-state index in [-0.39, 0.29) is 5.82 Å². The molecule has 5 N–H and O–H groups in total. The number of rotatable bonds is 3. The second-order valence-corrected chi connectivity index (χ2v) is 3.68. The van der Waals surface area contributed by atoms with Crippen LogP contribution in [0.2, 0.25) is 0 Å². The van der Waals surface area contributed by atoms with Crippen molar-refractivity contribution in [3.05, 3.63) is 22.7 Å². The van der Waals surface area contributed by atoms with Crippen molar-refractivity contribution in [1.29, 1.82) is 0 Å². The molecule has 17 heavy (non-hydrogen) atoms. The molecule has 0 aromatic carbocycles. The van der Waals surface area contributed by atoms with Crippen LogP contribution in [0.4, 0.5) is 5.82 Å². The van der Waals surface area contributed by atoms with E-state index in [4.69, 9.17) is 9.84 Å². The smallest absolute Gasteiger partial charge is 0.346 e. The quantitative estimate of drug-likeness (QED) is 0.401. The summed E-state index contributed by atoms with van der Waals surface area (Å²) >= 11 is 0. The number of aliphatic hydroxyl groups excluding tert-OH is 3. The standard InChI is InChI=1S/C9H13N3O5/c13-3-4-6(14)7(15)8(17-4)11-5-1-2-10-9(16)12-5/h1-2,4,6-8,13-15H,3H2,(H2,10,11,12,16)/t4-,6-,7-,8-/m0/s1. The molecule has 94 valence electrons. The van der Waals surface area contributed by atoms with Crippen LogP contribution in [-0.2, 0) is 4.74 Å². The highest BCUT2D eigenvalue weighted by molar-refractivity contribution is 5.33. The molecule has 1 saturated heterocycles. The minimum Gasteiger partial charge on any atom is -0.394 e. The van der Waals surface area contributed by atoms with Gasteiger partial charge in [0.1, 0.15) is 24.1 Å². The molecule has 1 aromatic rings. The molecule has 1 aliphatic heterocycles. The van der Waals surface area contributed by atoms with Crippen LogP contribution in [0, 0.1) is 0 Å². The number of aromatic nitrogens is 2. The molecule has 0 spiro atoms. The summed E-state index contributed by atoms with van der Waals surface area (Å²) in [5.41, 5.74) is -0.540. The van der Waals surface area contributed by atoms with Crippen molar-refractivity contribution in [2.24, 2.45) is 0 Å². The molecule has 8 heteroatoms. The van der Waals surface area contributed by atoms with Crippen molar-refractivity contribution >= 4 is 5.82 Å². The van der Waals surface area contributed by atoms with E-state index in [2.05, 4.69) is 15.3 Å². The van der Waals surface area contributed by atoms with E-state index in [1.165, 1.54) is 12.3 Å². The molecular weight excluding hydrogens is 230 g/mol. The van der Waals surface area contributed by atoms with E-state index in [1.807, 2.05) is 0 Å². The Labute approximate surface area is 95.9 Å². The third-order valence-corrected chi connectivity index (χ3v) is 2.50. The van der Waals surface area contributed by atoms with Crippen LogP contribution < -0.4 is 11.0 Å². The summed E-state index contributed by atoms with van der Waals surface area (Å²) in [4.78, 5) is 16.9. The van der Waals surface area contributed by atoms with Crippen molar-refractivity contribution in [2.45, 2.75) is 24.5 Å². The van der Waals surface area contributed by atoms with Gasteiger partial charge in [0.2, 0.25) is 0 Å². The van der Waals surface area contributed by atoms with Gasteiger partial charge in [0, 0.05) is 6.20 Å². The summed E-state index contributed by atoms with van der Waals surface area (Å²) in [5.74, 6) is 0.212. The lowest BCUT2D eigenvalue weighted by molar-refractivity contribution is -0.0154. The van der Waals surface area contributed by atoms with Gasteiger partial charge in [0.15, 0.2) is 6.23 Å². The second kappa shape index (κ2) is 4.80. The van der Waals surface area contributed by atoms with E-state index in [0.29, 0.717) is 0 Å². The molecule has 2 heterocycles. The van der Waals surface area contributed by atoms with Crippen LogP contribution >= 0.6 is 0 Å². The average molecular weight is 243 g/mol. The number of nitrogens with one attached hydrogen (secondary N) is 2. The highest BCUT2D eigenvalue weighted by Crippen LogP contribution is 2.21. The molecule has 1 fully saturated rings. The zero-order valence-corrected chi connectivity index (χ0v) is 8.78. The summed E-state index contributed by atoms with van der Waals surface area (Å²) in [5, 5.41) is 30.7. The van der Waals surface area contributed by atoms with Gasteiger partial charge in [-0.2, -0.15) is 4.98 Å². The lowest BCUT2D eigenvalue weighted by Crippen LogP contribution is -2.37. The molecule has 2 rings (SSSR count). The van der Waals surface area contributed by atoms with Crippen LogP contribution in [-0.4, -0.2) is 56.4 Å². The van der Waals surface area contributed by atoms with Gasteiger partial charge in [0.25, 0.3) is 0 Å². The molecule has 0 amide bonds. The summed E-state index contributed by atoms with van der Waals surface area (Å²) in [6, 6.07) is 1.48. The Hall–Kier alpha value is -1.48. The maximum atomic E-state index is 10.9. The minimum absolute atomic E-state index is 0.212. The molecule has 0 bridgehead atoms. The Kier molecular flexibility index (Phi) is 3.38. The SMILES string of the molecule is O=c1nc(N[C@H]2O[C@@H](CO)[C@H](O)[C@@H]2O)cc[nH]1. The van der Waals surface area contributed by atoms with Crippen LogP contribution in [0.3, 0.4) is 0 Å². The molecular formula is C9H13N3O5. The summed E-state index contributed by atoms with van der Waals surface area (Å²) in [6.07, 6.45) is -2.77. The van der Waals surface area contributed by atoms with Gasteiger partial charge in [-0.05, 0) is 6.07 Å². The number of hydrogen-bond acceptors (Lipinski definition) is 7. The van der Waals surface area contributed by atoms with E-state index in [9.17, 15) is 15.0 Å². The number of ether oxygens (including phenoxy) is 1. The Bertz CT molecular complexity index is 437. The van der Waals surface area contributed by atoms with E-state index in [0.717, 1.165) is 0 Å². The molecule has 1 aromatic heterocycles. The first kappa shape index (κ1) is 12.0. The molecule has 0 unspecified atom stereocenters. The first-order chi connectivity index (χ1) is 8.11. The first-order valence-corrected chi connectivity index (χ1v) is 5.06. The van der Waals surface area contributed by atoms with Gasteiger partial charge in [-0.3, -0.25) is 0 Å². The second-order valence-electron chi connectivity index (χ2n) is 3.68. The molecule has 0 radical (unpaired) electrons. The normalized spacial score (nSPS) is 32.6. The third kappa shape index (κ3) is 2.44. The van der Waals surface area contributed by atoms with Gasteiger partial charge in [-0.15, -0.1) is 0 Å². The van der Waals surface area contributed by atoms with Crippen LogP contribution in [0.1, 0.15) is 0 Å². The van der Waals surface area contributed by atoms with Crippen LogP contribution in [0.5, 0.6) is 0 Å². The molecule has 4 atom stereocenters. The highest BCUT2D eigenvalue weighted by Gasteiger charge is 2.42. The van der Waals surface area contributed by atoms with Gasteiger partial charge < -0.3 is 30.4 Å². The predicted octanol–water partition coefficient (Wildman–Crippen LogP) is -2.38. The molecule has 0 saturated carbocycles. The Morgan fingerprint density at radius 2 is 2.24 bits per heavy atom. The number of anilines is 1. The maximum absolute atomic E-state index is 10.9. The number of nitrogens with zero attached hydrogens (tertiary/aromatic N) is 1. The fraction of sp³-hybridized carbons (Fsp3) is 0.556.